The molecule has 2 aliphatic rings. The Kier molecular flexibility index (Phi) is 4.08. The predicted molar refractivity (Wildman–Crippen MR) is 89.2 cm³/mol. The van der Waals surface area contributed by atoms with Crippen LogP contribution in [-0.2, 0) is 25.8 Å². The van der Waals surface area contributed by atoms with E-state index >= 15 is 0 Å². The molecule has 0 radical (unpaired) electrons. The average molecular weight is 366 g/mol. The fraction of sp³-hybridized carbons (Fsp3) is 0.389. The Labute approximate surface area is 147 Å². The molecule has 0 spiro atoms. The third-order valence-corrected chi connectivity index (χ3v) is 5.77. The second-order valence-corrected chi connectivity index (χ2v) is 7.71. The van der Waals surface area contributed by atoms with E-state index in [1.165, 1.54) is 40.7 Å². The number of hydrogen-bond donors (Lipinski definition) is 1. The van der Waals surface area contributed by atoms with Gasteiger partial charge in [-0.3, -0.25) is 9.69 Å². The molecule has 1 aromatic heterocycles. The number of hydrogen-bond acceptors (Lipinski definition) is 3. The summed E-state index contributed by atoms with van der Waals surface area (Å²) in [6.07, 6.45) is -1.85. The van der Waals surface area contributed by atoms with E-state index in [1.807, 2.05) is 6.07 Å². The SMILES string of the molecule is O=C(NCc1cccc(C(F)(F)F)c1)c1cc2c(s1)CN(C1CC1)C2. The molecule has 2 heterocycles. The highest BCUT2D eigenvalue weighted by Crippen LogP contribution is 2.38. The van der Waals surface area contributed by atoms with Gasteiger partial charge in [0.1, 0.15) is 0 Å². The first kappa shape index (κ1) is 16.6. The summed E-state index contributed by atoms with van der Waals surface area (Å²) in [4.78, 5) is 16.6. The second-order valence-electron chi connectivity index (χ2n) is 6.58. The van der Waals surface area contributed by atoms with Crippen LogP contribution in [0.15, 0.2) is 30.3 Å². The zero-order valence-corrected chi connectivity index (χ0v) is 14.2. The van der Waals surface area contributed by atoms with E-state index in [-0.39, 0.29) is 12.5 Å². The van der Waals surface area contributed by atoms with Crippen molar-refractivity contribution in [2.45, 2.75) is 44.7 Å². The molecule has 0 saturated heterocycles. The summed E-state index contributed by atoms with van der Waals surface area (Å²) in [6, 6.07) is 7.67. The molecule has 0 atom stereocenters. The molecule has 2 aromatic rings. The molecule has 1 aliphatic carbocycles. The number of rotatable bonds is 4. The van der Waals surface area contributed by atoms with Gasteiger partial charge in [-0.1, -0.05) is 12.1 Å². The maximum absolute atomic E-state index is 12.7. The van der Waals surface area contributed by atoms with Crippen molar-refractivity contribution in [2.24, 2.45) is 0 Å². The molecular weight excluding hydrogens is 349 g/mol. The first-order valence-corrected chi connectivity index (χ1v) is 9.02. The van der Waals surface area contributed by atoms with Crippen LogP contribution in [0, 0.1) is 0 Å². The summed E-state index contributed by atoms with van der Waals surface area (Å²) in [6.45, 7) is 1.89. The van der Waals surface area contributed by atoms with Gasteiger partial charge in [-0.15, -0.1) is 11.3 Å². The molecule has 1 aliphatic heterocycles. The van der Waals surface area contributed by atoms with Crippen molar-refractivity contribution in [3.63, 3.8) is 0 Å². The molecule has 7 heteroatoms. The van der Waals surface area contributed by atoms with Crippen LogP contribution >= 0.6 is 11.3 Å². The standard InChI is InChI=1S/C18H17F3N2OS/c19-18(20,21)13-3-1-2-11(6-13)8-22-17(24)15-7-12-9-23(14-4-5-14)10-16(12)25-15/h1-3,6-7,14H,4-5,8-10H2,(H,22,24). The third kappa shape index (κ3) is 3.57. The molecule has 0 unspecified atom stereocenters. The quantitative estimate of drug-likeness (QED) is 0.881. The number of halogens is 3. The van der Waals surface area contributed by atoms with Gasteiger partial charge in [-0.25, -0.2) is 0 Å². The van der Waals surface area contributed by atoms with Crippen molar-refractivity contribution < 1.29 is 18.0 Å². The third-order valence-electron chi connectivity index (χ3n) is 4.61. The summed E-state index contributed by atoms with van der Waals surface area (Å²) < 4.78 is 38.2. The number of nitrogens with one attached hydrogen (secondary N) is 1. The molecule has 0 bridgehead atoms. The monoisotopic (exact) mass is 366 g/mol. The lowest BCUT2D eigenvalue weighted by Crippen LogP contribution is -2.22. The van der Waals surface area contributed by atoms with Gasteiger partial charge in [0.2, 0.25) is 0 Å². The van der Waals surface area contributed by atoms with Crippen LogP contribution in [-0.4, -0.2) is 16.8 Å². The molecule has 1 N–H and O–H groups in total. The lowest BCUT2D eigenvalue weighted by Gasteiger charge is -2.13. The minimum Gasteiger partial charge on any atom is -0.347 e. The number of nitrogens with zero attached hydrogens (tertiary/aromatic N) is 1. The normalized spacial score (nSPS) is 17.6. The Hall–Kier alpha value is -1.86. The van der Waals surface area contributed by atoms with E-state index in [0.717, 1.165) is 25.2 Å². The highest BCUT2D eigenvalue weighted by molar-refractivity contribution is 7.14. The predicted octanol–water partition coefficient (Wildman–Crippen LogP) is 4.17. The van der Waals surface area contributed by atoms with Gasteiger partial charge in [0.25, 0.3) is 5.91 Å². The zero-order valence-electron chi connectivity index (χ0n) is 13.4. The van der Waals surface area contributed by atoms with E-state index in [2.05, 4.69) is 10.2 Å². The van der Waals surface area contributed by atoms with E-state index in [1.54, 1.807) is 6.07 Å². The van der Waals surface area contributed by atoms with Gasteiger partial charge in [0.15, 0.2) is 0 Å². The van der Waals surface area contributed by atoms with Crippen LogP contribution in [0.1, 0.15) is 44.1 Å². The molecule has 1 amide bonds. The maximum atomic E-state index is 12.7. The van der Waals surface area contributed by atoms with Crippen LogP contribution in [0.2, 0.25) is 0 Å². The van der Waals surface area contributed by atoms with Gasteiger partial charge in [-0.05, 0) is 42.2 Å². The van der Waals surface area contributed by atoms with Crippen LogP contribution in [0.25, 0.3) is 0 Å². The van der Waals surface area contributed by atoms with Gasteiger partial charge >= 0.3 is 6.18 Å². The van der Waals surface area contributed by atoms with Crippen LogP contribution in [0.5, 0.6) is 0 Å². The van der Waals surface area contributed by atoms with Crippen molar-refractivity contribution in [3.8, 4) is 0 Å². The van der Waals surface area contributed by atoms with Crippen molar-refractivity contribution in [2.75, 3.05) is 0 Å². The molecule has 1 aromatic carbocycles. The molecular formula is C18H17F3N2OS. The number of alkyl halides is 3. The minimum absolute atomic E-state index is 0.0829. The van der Waals surface area contributed by atoms with Crippen molar-refractivity contribution >= 4 is 17.2 Å². The van der Waals surface area contributed by atoms with Gasteiger partial charge < -0.3 is 5.32 Å². The molecule has 4 rings (SSSR count). The Bertz CT molecular complexity index is 787. The summed E-state index contributed by atoms with van der Waals surface area (Å²) in [7, 11) is 0. The Morgan fingerprint density at radius 1 is 1.24 bits per heavy atom. The smallest absolute Gasteiger partial charge is 0.347 e. The number of thiophene rings is 1. The Morgan fingerprint density at radius 2 is 2.04 bits per heavy atom. The number of carbonyl (C=O) groups excluding carboxylic acids is 1. The highest BCUT2D eigenvalue weighted by atomic mass is 32.1. The van der Waals surface area contributed by atoms with Gasteiger partial charge in [0.05, 0.1) is 10.4 Å². The molecule has 132 valence electrons. The number of amides is 1. The van der Waals surface area contributed by atoms with Gasteiger partial charge in [-0.2, -0.15) is 13.2 Å². The lowest BCUT2D eigenvalue weighted by atomic mass is 10.1. The largest absolute Gasteiger partial charge is 0.416 e. The summed E-state index contributed by atoms with van der Waals surface area (Å²) >= 11 is 1.49. The second kappa shape index (κ2) is 6.14. The molecule has 1 fully saturated rings. The Morgan fingerprint density at radius 3 is 2.72 bits per heavy atom. The van der Waals surface area contributed by atoms with Crippen LogP contribution in [0.3, 0.4) is 0 Å². The summed E-state index contributed by atoms with van der Waals surface area (Å²) in [5.74, 6) is -0.227. The van der Waals surface area contributed by atoms with Crippen molar-refractivity contribution in [1.82, 2.24) is 10.2 Å². The van der Waals surface area contributed by atoms with Crippen molar-refractivity contribution in [1.29, 1.82) is 0 Å². The topological polar surface area (TPSA) is 32.3 Å². The summed E-state index contributed by atoms with van der Waals surface area (Å²) in [5.41, 5.74) is 0.947. The molecule has 25 heavy (non-hydrogen) atoms. The first-order chi connectivity index (χ1) is 11.9. The molecule has 1 saturated carbocycles. The van der Waals surface area contributed by atoms with Gasteiger partial charge in [0, 0.05) is 30.6 Å². The lowest BCUT2D eigenvalue weighted by molar-refractivity contribution is -0.137. The molecule has 3 nitrogen and oxygen atoms in total. The fourth-order valence-electron chi connectivity index (χ4n) is 3.13. The number of fused-ring (bicyclic) bond motifs is 1. The van der Waals surface area contributed by atoms with E-state index < -0.39 is 11.7 Å². The summed E-state index contributed by atoms with van der Waals surface area (Å²) in [5, 5.41) is 2.72. The van der Waals surface area contributed by atoms with E-state index in [0.29, 0.717) is 16.5 Å². The number of carbonyl (C=O) groups is 1. The van der Waals surface area contributed by atoms with E-state index in [4.69, 9.17) is 0 Å². The highest BCUT2D eigenvalue weighted by Gasteiger charge is 2.34. The average Bonchev–Trinajstić information content (AvgIpc) is 3.22. The first-order valence-electron chi connectivity index (χ1n) is 8.20. The van der Waals surface area contributed by atoms with Crippen molar-refractivity contribution in [3.05, 3.63) is 56.8 Å². The Balaban J connectivity index is 1.38. The van der Waals surface area contributed by atoms with Crippen LogP contribution in [0.4, 0.5) is 13.2 Å². The van der Waals surface area contributed by atoms with E-state index in [9.17, 15) is 18.0 Å². The van der Waals surface area contributed by atoms with Crippen LogP contribution < -0.4 is 5.32 Å². The minimum atomic E-state index is -4.37. The number of benzene rings is 1. The zero-order chi connectivity index (χ0) is 17.6. The fourth-order valence-corrected chi connectivity index (χ4v) is 4.25. The maximum Gasteiger partial charge on any atom is 0.416 e.